The maximum absolute atomic E-state index is 12.8. The van der Waals surface area contributed by atoms with E-state index in [-0.39, 0.29) is 11.0 Å². The van der Waals surface area contributed by atoms with Crippen LogP contribution < -0.4 is 21.9 Å². The number of carbonyl (C=O) groups excluding carboxylic acids is 1. The summed E-state index contributed by atoms with van der Waals surface area (Å²) in [5.41, 5.74) is -2.78. The van der Waals surface area contributed by atoms with E-state index in [9.17, 15) is 19.2 Å². The molecule has 0 aromatic carbocycles. The topological polar surface area (TPSA) is 108 Å². The molecular weight excluding hydrogens is 338 g/mol. The van der Waals surface area contributed by atoms with E-state index in [1.807, 2.05) is 0 Å². The van der Waals surface area contributed by atoms with Crippen LogP contribution in [0.15, 0.2) is 81.6 Å². The molecule has 0 bridgehead atoms. The summed E-state index contributed by atoms with van der Waals surface area (Å²) < 4.78 is 3.73. The maximum atomic E-state index is 12.8. The van der Waals surface area contributed by atoms with Crippen LogP contribution in [0.5, 0.6) is 0 Å². The number of aromatic nitrogens is 4. The van der Waals surface area contributed by atoms with Gasteiger partial charge in [-0.1, -0.05) is 6.07 Å². The molecule has 130 valence electrons. The quantitative estimate of drug-likeness (QED) is 0.615. The van der Waals surface area contributed by atoms with E-state index in [4.69, 9.17) is 0 Å². The van der Waals surface area contributed by atoms with Crippen molar-refractivity contribution >= 4 is 5.91 Å². The lowest BCUT2D eigenvalue weighted by atomic mass is 9.95. The van der Waals surface area contributed by atoms with Crippen LogP contribution >= 0.6 is 0 Å². The molecule has 1 fully saturated rings. The number of nitrogens with zero attached hydrogens (tertiary/aromatic N) is 4. The molecule has 2 unspecified atom stereocenters. The number of hydrogen-bond acceptors (Lipinski definition) is 5. The third-order valence-corrected chi connectivity index (χ3v) is 4.34. The Morgan fingerprint density at radius 2 is 1.62 bits per heavy atom. The molecule has 4 heterocycles. The van der Waals surface area contributed by atoms with Gasteiger partial charge in [0.2, 0.25) is 0 Å². The van der Waals surface area contributed by atoms with Gasteiger partial charge in [-0.25, -0.2) is 0 Å². The first kappa shape index (κ1) is 15.8. The summed E-state index contributed by atoms with van der Waals surface area (Å²) in [5, 5.41) is 6.71. The molecule has 3 aromatic rings. The Kier molecular flexibility index (Phi) is 3.43. The molecule has 1 N–H and O–H groups in total. The summed E-state index contributed by atoms with van der Waals surface area (Å²) in [5.74, 6) is -0.525. The van der Waals surface area contributed by atoms with Crippen LogP contribution in [0.1, 0.15) is 6.17 Å². The molecule has 1 aliphatic rings. The van der Waals surface area contributed by atoms with Crippen LogP contribution in [0.25, 0.3) is 0 Å². The Bertz CT molecular complexity index is 1160. The number of β-lactam (4-membered cyclic amide) rings is 1. The van der Waals surface area contributed by atoms with Gasteiger partial charge in [-0.3, -0.25) is 23.7 Å². The van der Waals surface area contributed by atoms with E-state index in [2.05, 4.69) is 10.4 Å². The van der Waals surface area contributed by atoms with Gasteiger partial charge in [-0.15, -0.1) is 0 Å². The third-order valence-electron chi connectivity index (χ3n) is 4.34. The summed E-state index contributed by atoms with van der Waals surface area (Å²) >= 11 is 0. The molecule has 1 amide bonds. The minimum atomic E-state index is -1.66. The van der Waals surface area contributed by atoms with Crippen LogP contribution in [0.3, 0.4) is 0 Å². The first-order valence-electron chi connectivity index (χ1n) is 7.77. The second-order valence-corrected chi connectivity index (χ2v) is 5.76. The lowest BCUT2D eigenvalue weighted by Gasteiger charge is -2.49. The van der Waals surface area contributed by atoms with Crippen LogP contribution in [-0.2, 0) is 10.5 Å². The van der Waals surface area contributed by atoms with Crippen molar-refractivity contribution in [2.45, 2.75) is 11.8 Å². The zero-order valence-corrected chi connectivity index (χ0v) is 13.4. The monoisotopic (exact) mass is 351 g/mol. The Morgan fingerprint density at radius 1 is 0.885 bits per heavy atom. The largest absolute Gasteiger partial charge is 0.327 e. The average Bonchev–Trinajstić information content (AvgIpc) is 2.64. The smallest absolute Gasteiger partial charge is 0.275 e. The Hall–Kier alpha value is -3.75. The van der Waals surface area contributed by atoms with Crippen molar-refractivity contribution in [1.29, 1.82) is 0 Å². The SMILES string of the molecule is O=C1NC(n2ccccc2=O)C1(n1ccc(=O)cc1)n1ncccc1=O. The number of nitrogens with one attached hydrogen (secondary N) is 1. The molecule has 9 heteroatoms. The van der Waals surface area contributed by atoms with E-state index >= 15 is 0 Å². The fourth-order valence-corrected chi connectivity index (χ4v) is 3.13. The van der Waals surface area contributed by atoms with Gasteiger partial charge in [0.15, 0.2) is 11.6 Å². The summed E-state index contributed by atoms with van der Waals surface area (Å²) in [7, 11) is 0. The average molecular weight is 351 g/mol. The van der Waals surface area contributed by atoms with Crippen molar-refractivity contribution in [1.82, 2.24) is 24.2 Å². The first-order chi connectivity index (χ1) is 12.5. The van der Waals surface area contributed by atoms with E-state index in [1.54, 1.807) is 12.1 Å². The standard InChI is InChI=1S/C17H13N5O4/c23-12-6-10-20(11-7-12)17(22-14(25)5-3-8-18-22)15(19-16(17)26)21-9-2-1-4-13(21)24/h1-11,15H,(H,19,26). The summed E-state index contributed by atoms with van der Waals surface area (Å²) in [6.45, 7) is 0. The highest BCUT2D eigenvalue weighted by Gasteiger charge is 2.61. The van der Waals surface area contributed by atoms with Gasteiger partial charge >= 0.3 is 0 Å². The lowest BCUT2D eigenvalue weighted by molar-refractivity contribution is -0.154. The molecule has 9 nitrogen and oxygen atoms in total. The zero-order valence-electron chi connectivity index (χ0n) is 13.4. The van der Waals surface area contributed by atoms with Crippen LogP contribution in [0.4, 0.5) is 0 Å². The number of hydrogen-bond donors (Lipinski definition) is 1. The summed E-state index contributed by atoms with van der Waals surface area (Å²) in [6, 6.07) is 9.84. The van der Waals surface area contributed by atoms with Crippen LogP contribution in [0, 0.1) is 0 Å². The normalized spacial score (nSPS) is 21.7. The number of pyridine rings is 2. The summed E-state index contributed by atoms with van der Waals surface area (Å²) in [4.78, 5) is 49.0. The molecule has 0 spiro atoms. The molecule has 1 aliphatic heterocycles. The van der Waals surface area contributed by atoms with Crippen LogP contribution in [-0.4, -0.2) is 24.8 Å². The van der Waals surface area contributed by atoms with E-state index in [1.165, 1.54) is 64.3 Å². The van der Waals surface area contributed by atoms with E-state index in [0.717, 1.165) is 4.68 Å². The van der Waals surface area contributed by atoms with Crippen LogP contribution in [0.2, 0.25) is 0 Å². The van der Waals surface area contributed by atoms with Gasteiger partial charge in [0.05, 0.1) is 0 Å². The molecule has 26 heavy (non-hydrogen) atoms. The van der Waals surface area contributed by atoms with Crippen molar-refractivity contribution in [2.24, 2.45) is 0 Å². The molecule has 3 aromatic heterocycles. The third kappa shape index (κ3) is 2.07. The minimum Gasteiger partial charge on any atom is -0.327 e. The molecule has 0 radical (unpaired) electrons. The first-order valence-corrected chi connectivity index (χ1v) is 7.77. The predicted octanol–water partition coefficient (Wildman–Crippen LogP) is -0.904. The van der Waals surface area contributed by atoms with Gasteiger partial charge in [0.25, 0.3) is 22.7 Å². The van der Waals surface area contributed by atoms with Gasteiger partial charge in [-0.2, -0.15) is 9.78 Å². The Labute approximate surface area is 145 Å². The second-order valence-electron chi connectivity index (χ2n) is 5.76. The second kappa shape index (κ2) is 5.66. The number of rotatable bonds is 3. The van der Waals surface area contributed by atoms with Gasteiger partial charge in [0.1, 0.15) is 0 Å². The minimum absolute atomic E-state index is 0.252. The Morgan fingerprint density at radius 3 is 2.27 bits per heavy atom. The highest BCUT2D eigenvalue weighted by molar-refractivity contribution is 5.91. The molecular formula is C17H13N5O4. The Balaban J connectivity index is 2.04. The van der Waals surface area contributed by atoms with Crippen molar-refractivity contribution in [2.75, 3.05) is 0 Å². The van der Waals surface area contributed by atoms with E-state index in [0.29, 0.717) is 0 Å². The van der Waals surface area contributed by atoms with Crippen molar-refractivity contribution in [3.05, 3.63) is 98.2 Å². The molecule has 0 aliphatic carbocycles. The highest BCUT2D eigenvalue weighted by atomic mass is 16.2. The predicted molar refractivity (Wildman–Crippen MR) is 90.5 cm³/mol. The lowest BCUT2D eigenvalue weighted by Crippen LogP contribution is -2.75. The number of amides is 1. The zero-order chi connectivity index (χ0) is 18.3. The van der Waals surface area contributed by atoms with Crippen molar-refractivity contribution in [3.63, 3.8) is 0 Å². The van der Waals surface area contributed by atoms with Gasteiger partial charge in [-0.05, 0) is 12.1 Å². The number of carbonyl (C=O) groups is 1. The fraction of sp³-hybridized carbons (Fsp3) is 0.118. The highest BCUT2D eigenvalue weighted by Crippen LogP contribution is 2.36. The van der Waals surface area contributed by atoms with Gasteiger partial charge in [0, 0.05) is 49.1 Å². The molecule has 4 rings (SSSR count). The maximum Gasteiger partial charge on any atom is 0.275 e. The van der Waals surface area contributed by atoms with E-state index < -0.39 is 23.3 Å². The van der Waals surface area contributed by atoms with Crippen molar-refractivity contribution in [3.8, 4) is 0 Å². The summed E-state index contributed by atoms with van der Waals surface area (Å²) in [6.07, 6.45) is 4.77. The van der Waals surface area contributed by atoms with Gasteiger partial charge < -0.3 is 9.88 Å². The molecule has 0 saturated carbocycles. The fourth-order valence-electron chi connectivity index (χ4n) is 3.13. The molecule has 2 atom stereocenters. The van der Waals surface area contributed by atoms with Crippen molar-refractivity contribution < 1.29 is 4.79 Å². The molecule has 1 saturated heterocycles.